The average molecular weight is 617 g/mol. The zero-order chi connectivity index (χ0) is 51.5. The lowest BCUT2D eigenvalue weighted by Gasteiger charge is -2.67. The Labute approximate surface area is 281 Å². The fourth-order valence-electron chi connectivity index (χ4n) is 5.81. The zero-order valence-corrected chi connectivity index (χ0v) is 23.2. The molecule has 0 spiro atoms. The molecule has 1 N–H and O–H groups in total. The quantitative estimate of drug-likeness (QED) is 0.272. The monoisotopic (exact) mass is 615 g/mol. The first kappa shape index (κ1) is 11.7. The van der Waals surface area contributed by atoms with E-state index in [2.05, 4.69) is 0 Å². The molecule has 1 aromatic rings. The second-order valence-electron chi connectivity index (χ2n) is 9.41. The van der Waals surface area contributed by atoms with Crippen molar-refractivity contribution >= 4 is 40.7 Å². The van der Waals surface area contributed by atoms with E-state index in [1.54, 1.807) is 0 Å². The van der Waals surface area contributed by atoms with Crippen LogP contribution in [0.25, 0.3) is 0 Å². The lowest BCUT2D eigenvalue weighted by atomic mass is 9.41. The Kier molecular flexibility index (Phi) is 2.87. The van der Waals surface area contributed by atoms with Crippen molar-refractivity contribution in [1.82, 2.24) is 0 Å². The molecule has 10 atom stereocenters. The van der Waals surface area contributed by atoms with Gasteiger partial charge < -0.3 is 14.3 Å². The maximum absolute atomic E-state index is 15.6. The largest absolute Gasteiger partial charge is 0.457 e. The Morgan fingerprint density at radius 1 is 1.45 bits per heavy atom. The average Bonchev–Trinajstić information content (AvgIpc) is 3.45. The fraction of sp³-hybridized carbons (Fsp3) is 0.656. The molecule has 0 amide bonds. The number of esters is 1. The van der Waals surface area contributed by atoms with E-state index in [4.69, 9.17) is 49.9 Å². The second-order valence-corrected chi connectivity index (χ2v) is 10.5. The van der Waals surface area contributed by atoms with Crippen molar-refractivity contribution in [2.45, 2.75) is 95.2 Å². The van der Waals surface area contributed by atoms with Gasteiger partial charge in [0.1, 0.15) is 1.37 Å². The number of furan rings is 1. The highest BCUT2D eigenvalue weighted by Crippen LogP contribution is 2.75. The minimum absolute atomic E-state index is 0.110. The topological polar surface area (TPSA) is 93.8 Å². The van der Waals surface area contributed by atoms with E-state index < -0.39 is 160 Å². The van der Waals surface area contributed by atoms with Crippen LogP contribution < -0.4 is 0 Å². The van der Waals surface area contributed by atoms with Crippen molar-refractivity contribution in [3.8, 4) is 0 Å². The van der Waals surface area contributed by atoms with Gasteiger partial charge in [0, 0.05) is 40.0 Å². The Balaban J connectivity index is 2.39. The van der Waals surface area contributed by atoms with Crippen LogP contribution in [0.5, 0.6) is 0 Å². The maximum Gasteiger partial charge on any atom is 0.375 e. The van der Waals surface area contributed by atoms with Crippen LogP contribution in [0.1, 0.15) is 117 Å². The number of halogens is 2. The fourth-order valence-corrected chi connectivity index (χ4v) is 6.47. The number of fused-ring (bicyclic) bond motifs is 5. The summed E-state index contributed by atoms with van der Waals surface area (Å²) in [4.78, 5) is 39.0. The number of Topliss-reactive ketones (excluding diaryl/α,β-unsaturated/α-hetero) is 1. The van der Waals surface area contributed by atoms with Crippen LogP contribution in [0.4, 0.5) is 0 Å². The van der Waals surface area contributed by atoms with Gasteiger partial charge in [-0.2, -0.15) is 0 Å². The molecule has 40 heavy (non-hydrogen) atoms. The number of allylic oxidation sites excluding steroid dienone is 4. The summed E-state index contributed by atoms with van der Waals surface area (Å²) in [5, 5.41) is 1.09. The number of hydrogen-bond donors (Lipinski definition) is 1. The molecule has 8 heteroatoms. The van der Waals surface area contributed by atoms with Crippen molar-refractivity contribution in [3.63, 3.8) is 0 Å². The number of carbonyl (C=O) groups excluding carboxylic acids is 3. The van der Waals surface area contributed by atoms with Crippen LogP contribution in [0, 0.1) is 34.4 Å². The number of carbonyl (C=O) groups is 3. The van der Waals surface area contributed by atoms with Crippen LogP contribution >= 0.6 is 23.2 Å². The highest BCUT2D eigenvalue weighted by molar-refractivity contribution is 6.32. The van der Waals surface area contributed by atoms with Crippen molar-refractivity contribution < 1.29 is 61.5 Å². The van der Waals surface area contributed by atoms with Crippen LogP contribution in [-0.4, -0.2) is 46.0 Å². The van der Waals surface area contributed by atoms with E-state index in [-0.39, 0.29) is 13.8 Å². The molecule has 4 aliphatic carbocycles. The first-order valence-corrected chi connectivity index (χ1v) is 12.5. The number of alkyl halides is 2. The molecule has 0 radical (unpaired) electrons. The molecule has 218 valence electrons. The Hall–Kier alpha value is -1.89. The maximum atomic E-state index is 15.6. The van der Waals surface area contributed by atoms with E-state index >= 15 is 4.79 Å². The van der Waals surface area contributed by atoms with Gasteiger partial charge in [0.25, 0.3) is 0 Å². The number of aliphatic hydroxyl groups is 1. The SMILES string of the molecule is [2H]O[C@@]1([2H])C([2H])(C)[C@]2(C([2H])([2H])C)[C@@](OC(=O)c3oc([2H])c([2H])c3[2H])(C(=O)C([2H])(C)Cl)[C@]([2H])(C([2H])([2H])[2H])C([2H])([2H])[C@]2([2H])[C@]2([2H])C([2H])([2H])C([2H])([2H])C3=C([2H])C(=O)C(C)=C([2H])C3(C([2H])([2H])C)[C@]21Cl. The Morgan fingerprint density at radius 2 is 2.20 bits per heavy atom. The summed E-state index contributed by atoms with van der Waals surface area (Å²) in [6.45, 7) is -3.15. The summed E-state index contributed by atoms with van der Waals surface area (Å²) in [6.07, 6.45) is -29.0. The predicted molar refractivity (Wildman–Crippen MR) is 153 cm³/mol. The molecule has 3 unspecified atom stereocenters. The van der Waals surface area contributed by atoms with Gasteiger partial charge in [-0.1, -0.05) is 39.2 Å². The standard InChI is InChI=1S/C32H40Cl2O6/c1-7-29-16-17(3)24(35)15-21(29)11-12-22-23-14-18(4)32(27(37)20(6)33,40-28(38)25-10-9-13-39-25)30(23,8-2)19(5)26(36)31(22,29)34/h9-10,13,15-16,18-20,22-23,26,36H,7-8,11-12,14H2,1-6H3/t18-,19?,20?,22+,23-,26+,29?,30+,31+,32+/m1/s1/i4D3,7D2,8D2,9D,10D,11D2,12D2,13D,14D2,15D,16D,18D,19D,20D,22D,23D,26D,36D. The van der Waals surface area contributed by atoms with Crippen molar-refractivity contribution in [3.05, 3.63) is 47.3 Å². The van der Waals surface area contributed by atoms with Crippen LogP contribution in [0.2, 0.25) is 0 Å². The second kappa shape index (κ2) is 9.84. The molecule has 3 saturated carbocycles. The lowest BCUT2D eigenvalue weighted by Crippen LogP contribution is -2.74. The molecule has 0 bridgehead atoms. The van der Waals surface area contributed by atoms with Crippen molar-refractivity contribution in [2.75, 3.05) is 0 Å². The smallest absolute Gasteiger partial charge is 0.375 e. The molecule has 1 heterocycles. The number of ketones is 2. The Morgan fingerprint density at radius 3 is 2.77 bits per heavy atom. The van der Waals surface area contributed by atoms with E-state index in [0.717, 1.165) is 0 Å². The van der Waals surface area contributed by atoms with Gasteiger partial charge in [-0.25, -0.2) is 4.79 Å². The first-order valence-electron chi connectivity index (χ1n) is 24.2. The predicted octanol–water partition coefficient (Wildman–Crippen LogP) is 6.67. The third-order valence-corrected chi connectivity index (χ3v) is 8.48. The highest BCUT2D eigenvalue weighted by atomic mass is 35.5. The molecule has 0 aromatic carbocycles. The van der Waals surface area contributed by atoms with Gasteiger partial charge in [0.05, 0.1) is 30.8 Å². The molecule has 4 aliphatic rings. The van der Waals surface area contributed by atoms with Crippen molar-refractivity contribution in [1.29, 1.82) is 1.43 Å². The van der Waals surface area contributed by atoms with Crippen LogP contribution in [0.3, 0.4) is 0 Å². The zero-order valence-electron chi connectivity index (χ0n) is 46.7. The molecule has 1 aromatic heterocycles. The van der Waals surface area contributed by atoms with Gasteiger partial charge in [-0.15, -0.1) is 23.2 Å². The van der Waals surface area contributed by atoms with Gasteiger partial charge in [0.2, 0.25) is 7.19 Å². The molecule has 0 aliphatic heterocycles. The summed E-state index contributed by atoms with van der Waals surface area (Å²) < 4.78 is 244. The van der Waals surface area contributed by atoms with E-state index in [9.17, 15) is 31.5 Å². The molecule has 3 fully saturated rings. The van der Waals surface area contributed by atoms with Crippen LogP contribution in [-0.2, 0) is 14.3 Å². The normalized spacial score (nSPS) is 67.5. The van der Waals surface area contributed by atoms with Gasteiger partial charge in [0.15, 0.2) is 17.2 Å². The minimum atomic E-state index is -5.30. The lowest BCUT2D eigenvalue weighted by molar-refractivity contribution is -0.208. The molecular formula is C32H40Cl2O6. The van der Waals surface area contributed by atoms with Gasteiger partial charge >= 0.3 is 5.97 Å². The highest BCUT2D eigenvalue weighted by Gasteiger charge is 2.80. The number of hydrogen-bond acceptors (Lipinski definition) is 6. The Bertz CT molecular complexity index is 2400. The van der Waals surface area contributed by atoms with E-state index in [0.29, 0.717) is 20.8 Å². The molecule has 5 rings (SSSR count). The molecular weight excluding hydrogens is 551 g/mol. The number of rotatable bonds is 7. The van der Waals surface area contributed by atoms with Crippen molar-refractivity contribution in [2.24, 2.45) is 34.4 Å². The summed E-state index contributed by atoms with van der Waals surface area (Å²) in [7, 11) is 0. The van der Waals surface area contributed by atoms with Gasteiger partial charge in [-0.05, 0) is 87.1 Å². The third-order valence-electron chi connectivity index (χ3n) is 7.67. The summed E-state index contributed by atoms with van der Waals surface area (Å²) in [5.74, 6) is -28.9. The summed E-state index contributed by atoms with van der Waals surface area (Å²) in [6, 6.07) is -6.04. The molecule has 0 saturated heterocycles. The summed E-state index contributed by atoms with van der Waals surface area (Å²) in [5.41, 5.74) is -17.4. The molecule has 6 nitrogen and oxygen atoms in total. The number of ether oxygens (including phenoxy) is 1. The van der Waals surface area contributed by atoms with E-state index in [1.807, 2.05) is 0 Å². The van der Waals surface area contributed by atoms with Crippen LogP contribution in [0.15, 0.2) is 46.0 Å². The minimum Gasteiger partial charge on any atom is -0.457 e. The summed E-state index contributed by atoms with van der Waals surface area (Å²) >= 11 is 13.7. The first-order chi connectivity index (χ1) is 28.4. The van der Waals surface area contributed by atoms with Gasteiger partial charge in [-0.3, -0.25) is 9.59 Å². The van der Waals surface area contributed by atoms with E-state index in [1.165, 1.54) is 0 Å². The third kappa shape index (κ3) is 3.42.